The molecule has 1 unspecified atom stereocenters. The Morgan fingerprint density at radius 3 is 2.60 bits per heavy atom. The van der Waals surface area contributed by atoms with Crippen molar-refractivity contribution in [3.8, 4) is 0 Å². The van der Waals surface area contributed by atoms with Gasteiger partial charge in [-0.15, -0.1) is 11.8 Å². The Kier molecular flexibility index (Phi) is 5.68. The molecule has 0 saturated carbocycles. The molecular weight excluding hydrogens is 266 g/mol. The number of nitrogens with one attached hydrogen (secondary N) is 1. The number of aryl methyl sites for hydroxylation is 2. The van der Waals surface area contributed by atoms with Gasteiger partial charge < -0.3 is 5.32 Å². The molecule has 1 aromatic heterocycles. The fraction of sp³-hybridized carbons (Fsp3) is 0.438. The maximum atomic E-state index is 4.37. The van der Waals surface area contributed by atoms with Crippen molar-refractivity contribution in [2.45, 2.75) is 38.3 Å². The molecule has 1 atom stereocenters. The van der Waals surface area contributed by atoms with Crippen molar-refractivity contribution in [2.24, 2.45) is 0 Å². The minimum Gasteiger partial charge on any atom is -0.309 e. The van der Waals surface area contributed by atoms with Gasteiger partial charge in [0.15, 0.2) is 0 Å². The molecule has 0 amide bonds. The van der Waals surface area contributed by atoms with E-state index in [0.29, 0.717) is 6.04 Å². The van der Waals surface area contributed by atoms with Crippen LogP contribution >= 0.6 is 11.8 Å². The first-order valence-electron chi connectivity index (χ1n) is 7.18. The van der Waals surface area contributed by atoms with Crippen LogP contribution in [-0.4, -0.2) is 22.1 Å². The summed E-state index contributed by atoms with van der Waals surface area (Å²) in [5.74, 6) is 1.02. The van der Waals surface area contributed by atoms with Crippen molar-refractivity contribution in [3.05, 3.63) is 47.8 Å². The average Bonchev–Trinajstić information content (AvgIpc) is 2.94. The molecule has 2 rings (SSSR count). The second-order valence-electron chi connectivity index (χ2n) is 4.86. The van der Waals surface area contributed by atoms with E-state index in [1.165, 1.54) is 16.0 Å². The zero-order chi connectivity index (χ0) is 14.4. The van der Waals surface area contributed by atoms with E-state index in [1.54, 1.807) is 0 Å². The quantitative estimate of drug-likeness (QED) is 0.789. The lowest BCUT2D eigenvalue weighted by Gasteiger charge is -2.16. The van der Waals surface area contributed by atoms with E-state index in [-0.39, 0.29) is 0 Å². The molecule has 20 heavy (non-hydrogen) atoms. The first-order valence-corrected chi connectivity index (χ1v) is 8.16. The maximum Gasteiger partial charge on any atom is 0.0537 e. The first kappa shape index (κ1) is 15.1. The zero-order valence-electron chi connectivity index (χ0n) is 12.5. The Morgan fingerprint density at radius 2 is 2.00 bits per heavy atom. The lowest BCUT2D eigenvalue weighted by Crippen LogP contribution is -2.22. The Labute approximate surface area is 125 Å². The molecule has 0 saturated heterocycles. The van der Waals surface area contributed by atoms with Gasteiger partial charge in [0.25, 0.3) is 0 Å². The van der Waals surface area contributed by atoms with Crippen LogP contribution in [0.2, 0.25) is 0 Å². The second kappa shape index (κ2) is 7.50. The third-order valence-electron chi connectivity index (χ3n) is 3.27. The van der Waals surface area contributed by atoms with E-state index >= 15 is 0 Å². The lowest BCUT2D eigenvalue weighted by molar-refractivity contribution is 0.603. The fourth-order valence-electron chi connectivity index (χ4n) is 2.07. The molecule has 2 aromatic rings. The van der Waals surface area contributed by atoms with E-state index in [9.17, 15) is 0 Å². The van der Waals surface area contributed by atoms with Crippen LogP contribution in [0.1, 0.15) is 31.0 Å². The Bertz CT molecular complexity index is 519. The first-order chi connectivity index (χ1) is 9.72. The van der Waals surface area contributed by atoms with Crippen molar-refractivity contribution < 1.29 is 0 Å². The molecule has 0 aliphatic carbocycles. The molecule has 3 nitrogen and oxygen atoms in total. The summed E-state index contributed by atoms with van der Waals surface area (Å²) in [6.07, 6.45) is 4.12. The molecule has 1 aromatic carbocycles. The highest BCUT2D eigenvalue weighted by molar-refractivity contribution is 7.99. The monoisotopic (exact) mass is 289 g/mol. The number of aromatic nitrogens is 2. The molecule has 0 bridgehead atoms. The molecule has 0 aliphatic rings. The molecule has 4 heteroatoms. The summed E-state index contributed by atoms with van der Waals surface area (Å²) in [7, 11) is 0. The summed E-state index contributed by atoms with van der Waals surface area (Å²) in [6, 6.07) is 9.07. The van der Waals surface area contributed by atoms with Crippen LogP contribution in [0.3, 0.4) is 0 Å². The third kappa shape index (κ3) is 4.12. The topological polar surface area (TPSA) is 29.9 Å². The summed E-state index contributed by atoms with van der Waals surface area (Å²) in [5.41, 5.74) is 2.58. The summed E-state index contributed by atoms with van der Waals surface area (Å²) in [6.45, 7) is 8.27. The fourth-order valence-corrected chi connectivity index (χ4v) is 3.06. The van der Waals surface area contributed by atoms with E-state index < -0.39 is 0 Å². The predicted octanol–water partition coefficient (Wildman–Crippen LogP) is 3.65. The molecule has 0 fully saturated rings. The second-order valence-corrected chi connectivity index (χ2v) is 5.96. The van der Waals surface area contributed by atoms with Gasteiger partial charge in [0.05, 0.1) is 6.20 Å². The van der Waals surface area contributed by atoms with Gasteiger partial charge in [0.1, 0.15) is 0 Å². The van der Waals surface area contributed by atoms with Crippen LogP contribution in [0.15, 0.2) is 41.6 Å². The summed E-state index contributed by atoms with van der Waals surface area (Å²) < 4.78 is 1.98. The molecule has 0 spiro atoms. The van der Waals surface area contributed by atoms with Crippen LogP contribution in [0.4, 0.5) is 0 Å². The van der Waals surface area contributed by atoms with Crippen molar-refractivity contribution >= 4 is 11.8 Å². The van der Waals surface area contributed by atoms with Gasteiger partial charge in [-0.05, 0) is 32.5 Å². The summed E-state index contributed by atoms with van der Waals surface area (Å²) in [4.78, 5) is 1.32. The number of hydrogen-bond donors (Lipinski definition) is 1. The molecule has 0 aliphatic heterocycles. The normalized spacial score (nSPS) is 12.6. The molecule has 0 radical (unpaired) electrons. The number of benzene rings is 1. The lowest BCUT2D eigenvalue weighted by atomic mass is 10.2. The smallest absolute Gasteiger partial charge is 0.0537 e. The number of nitrogens with zero attached hydrogens (tertiary/aromatic N) is 2. The Balaban J connectivity index is 2.00. The van der Waals surface area contributed by atoms with E-state index in [2.05, 4.69) is 61.6 Å². The van der Waals surface area contributed by atoms with Gasteiger partial charge in [0, 0.05) is 35.0 Å². The Hall–Kier alpha value is -1.26. The van der Waals surface area contributed by atoms with Crippen LogP contribution in [0.5, 0.6) is 0 Å². The SMILES string of the molecule is CCNC(CSc1ccc(C)cc1)c1cnn(CC)c1. The van der Waals surface area contributed by atoms with Gasteiger partial charge in [-0.2, -0.15) is 5.10 Å². The molecule has 108 valence electrons. The minimum atomic E-state index is 0.353. The molecule has 1 heterocycles. The number of rotatable bonds is 7. The van der Waals surface area contributed by atoms with Crippen molar-refractivity contribution in [1.82, 2.24) is 15.1 Å². The summed E-state index contributed by atoms with van der Waals surface area (Å²) in [5, 5.41) is 7.92. The van der Waals surface area contributed by atoms with Gasteiger partial charge in [0.2, 0.25) is 0 Å². The standard InChI is InChI=1S/C16H23N3S/c1-4-17-16(14-10-18-19(5-2)11-14)12-20-15-8-6-13(3)7-9-15/h6-11,16-17H,4-5,12H2,1-3H3. The van der Waals surface area contributed by atoms with Crippen molar-refractivity contribution in [3.63, 3.8) is 0 Å². The summed E-state index contributed by atoms with van der Waals surface area (Å²) >= 11 is 1.89. The van der Waals surface area contributed by atoms with Crippen LogP contribution in [0, 0.1) is 6.92 Å². The van der Waals surface area contributed by atoms with Crippen LogP contribution < -0.4 is 5.32 Å². The van der Waals surface area contributed by atoms with Crippen molar-refractivity contribution in [2.75, 3.05) is 12.3 Å². The van der Waals surface area contributed by atoms with Gasteiger partial charge in [-0.1, -0.05) is 24.6 Å². The maximum absolute atomic E-state index is 4.37. The minimum absolute atomic E-state index is 0.353. The van der Waals surface area contributed by atoms with E-state index in [0.717, 1.165) is 18.8 Å². The third-order valence-corrected chi connectivity index (χ3v) is 4.37. The molecular formula is C16H23N3S. The van der Waals surface area contributed by atoms with Crippen LogP contribution in [-0.2, 0) is 6.54 Å². The van der Waals surface area contributed by atoms with Crippen molar-refractivity contribution in [1.29, 1.82) is 0 Å². The highest BCUT2D eigenvalue weighted by Gasteiger charge is 2.12. The van der Waals surface area contributed by atoms with Gasteiger partial charge >= 0.3 is 0 Å². The largest absolute Gasteiger partial charge is 0.309 e. The highest BCUT2D eigenvalue weighted by Crippen LogP contribution is 2.24. The van der Waals surface area contributed by atoms with Crippen LogP contribution in [0.25, 0.3) is 0 Å². The Morgan fingerprint density at radius 1 is 1.25 bits per heavy atom. The number of hydrogen-bond acceptors (Lipinski definition) is 3. The number of thioether (sulfide) groups is 1. The average molecular weight is 289 g/mol. The molecule has 1 N–H and O–H groups in total. The van der Waals surface area contributed by atoms with Gasteiger partial charge in [-0.3, -0.25) is 4.68 Å². The predicted molar refractivity (Wildman–Crippen MR) is 86.2 cm³/mol. The highest BCUT2D eigenvalue weighted by atomic mass is 32.2. The zero-order valence-corrected chi connectivity index (χ0v) is 13.3. The van der Waals surface area contributed by atoms with E-state index in [4.69, 9.17) is 0 Å². The van der Waals surface area contributed by atoms with Gasteiger partial charge in [-0.25, -0.2) is 0 Å². The van der Waals surface area contributed by atoms with E-state index in [1.807, 2.05) is 22.6 Å².